The highest BCUT2D eigenvalue weighted by Gasteiger charge is 2.28. The van der Waals surface area contributed by atoms with Gasteiger partial charge in [-0.3, -0.25) is 0 Å². The quantitative estimate of drug-likeness (QED) is 0.583. The lowest BCUT2D eigenvalue weighted by Crippen LogP contribution is -2.12. The van der Waals surface area contributed by atoms with Crippen LogP contribution in [0.1, 0.15) is 40.5 Å². The molecule has 2 aromatic heterocycles. The highest BCUT2D eigenvalue weighted by Crippen LogP contribution is 2.44. The molecule has 0 bridgehead atoms. The fourth-order valence-electron chi connectivity index (χ4n) is 3.24. The third kappa shape index (κ3) is 2.94. The Labute approximate surface area is 157 Å². The second kappa shape index (κ2) is 6.88. The van der Waals surface area contributed by atoms with Gasteiger partial charge in [-0.25, -0.2) is 18.7 Å². The van der Waals surface area contributed by atoms with Crippen LogP contribution in [0, 0.1) is 23.0 Å². The maximum absolute atomic E-state index is 14.1. The normalized spacial score (nSPS) is 16.5. The smallest absolute Gasteiger partial charge is 0.141 e. The Morgan fingerprint density at radius 1 is 1.31 bits per heavy atom. The van der Waals surface area contributed by atoms with Gasteiger partial charge >= 0.3 is 0 Å². The Bertz CT molecular complexity index is 1020. The zero-order valence-corrected chi connectivity index (χ0v) is 15.0. The fraction of sp³-hybridized carbons (Fsp3) is 0.278. The van der Waals surface area contributed by atoms with E-state index in [2.05, 4.69) is 9.97 Å². The first kappa shape index (κ1) is 17.3. The number of halogens is 3. The second-order valence-corrected chi connectivity index (χ2v) is 7.45. The maximum atomic E-state index is 14.1. The van der Waals surface area contributed by atoms with Crippen molar-refractivity contribution in [1.82, 2.24) is 9.97 Å². The Kier molecular flexibility index (Phi) is 4.57. The molecule has 4 rings (SSSR count). The van der Waals surface area contributed by atoms with E-state index in [1.54, 1.807) is 17.4 Å². The Hall–Kier alpha value is -2.14. The lowest BCUT2D eigenvalue weighted by molar-refractivity contribution is 0.0268. The molecule has 132 valence electrons. The molecule has 8 heteroatoms. The SMILES string of the molecule is N#Cc1cc(F)c(COC2CCCc3sc4ncnc(Cl)c4c32)c(F)c1. The van der Waals surface area contributed by atoms with Crippen molar-refractivity contribution >= 4 is 33.2 Å². The lowest BCUT2D eigenvalue weighted by Gasteiger charge is -2.23. The van der Waals surface area contributed by atoms with Crippen LogP contribution >= 0.6 is 22.9 Å². The molecule has 0 spiro atoms. The monoisotopic (exact) mass is 391 g/mol. The Morgan fingerprint density at radius 2 is 2.08 bits per heavy atom. The molecular formula is C18H12ClF2N3OS. The number of ether oxygens (including phenoxy) is 1. The number of fused-ring (bicyclic) bond motifs is 3. The molecule has 26 heavy (non-hydrogen) atoms. The van der Waals surface area contributed by atoms with E-state index in [-0.39, 0.29) is 23.8 Å². The molecule has 1 unspecified atom stereocenters. The maximum Gasteiger partial charge on any atom is 0.141 e. The third-order valence-corrected chi connectivity index (χ3v) is 5.91. The average molecular weight is 392 g/mol. The van der Waals surface area contributed by atoms with E-state index in [9.17, 15) is 8.78 Å². The van der Waals surface area contributed by atoms with Gasteiger partial charge in [-0.05, 0) is 31.4 Å². The summed E-state index contributed by atoms with van der Waals surface area (Å²) in [6.07, 6.45) is 3.62. The Balaban J connectivity index is 1.66. The fourth-order valence-corrected chi connectivity index (χ4v) is 4.76. The number of nitriles is 1. The summed E-state index contributed by atoms with van der Waals surface area (Å²) >= 11 is 7.80. The first-order valence-electron chi connectivity index (χ1n) is 8.00. The van der Waals surface area contributed by atoms with Crippen molar-refractivity contribution in [3.63, 3.8) is 0 Å². The molecule has 2 heterocycles. The molecule has 1 aliphatic carbocycles. The van der Waals surface area contributed by atoms with Crippen LogP contribution in [0.25, 0.3) is 10.2 Å². The summed E-state index contributed by atoms with van der Waals surface area (Å²) in [6.45, 7) is -0.226. The van der Waals surface area contributed by atoms with Gasteiger partial charge < -0.3 is 4.74 Å². The van der Waals surface area contributed by atoms with E-state index < -0.39 is 11.6 Å². The van der Waals surface area contributed by atoms with Gasteiger partial charge in [-0.1, -0.05) is 11.6 Å². The van der Waals surface area contributed by atoms with Gasteiger partial charge in [0.05, 0.1) is 29.7 Å². The van der Waals surface area contributed by atoms with Crippen molar-refractivity contribution in [1.29, 1.82) is 5.26 Å². The van der Waals surface area contributed by atoms with E-state index in [0.29, 0.717) is 5.15 Å². The largest absolute Gasteiger partial charge is 0.369 e. The standard InChI is InChI=1S/C18H12ClF2N3OS/c19-17-16-15-13(2-1-3-14(15)26-18(16)24-8-23-17)25-7-10-11(20)4-9(6-22)5-12(10)21/h4-5,8,13H,1-3,7H2. The third-order valence-electron chi connectivity index (χ3n) is 4.45. The number of rotatable bonds is 3. The van der Waals surface area contributed by atoms with Gasteiger partial charge in [0.25, 0.3) is 0 Å². The van der Waals surface area contributed by atoms with Crippen molar-refractivity contribution in [3.05, 3.63) is 56.8 Å². The van der Waals surface area contributed by atoms with Gasteiger partial charge in [0.15, 0.2) is 0 Å². The van der Waals surface area contributed by atoms with Gasteiger partial charge in [0, 0.05) is 16.0 Å². The first-order chi connectivity index (χ1) is 12.6. The van der Waals surface area contributed by atoms with E-state index in [4.69, 9.17) is 21.6 Å². The predicted molar refractivity (Wildman–Crippen MR) is 94.0 cm³/mol. The lowest BCUT2D eigenvalue weighted by atomic mass is 9.94. The molecule has 4 nitrogen and oxygen atoms in total. The Morgan fingerprint density at radius 3 is 2.81 bits per heavy atom. The summed E-state index contributed by atoms with van der Waals surface area (Å²) in [6, 6.07) is 3.75. The van der Waals surface area contributed by atoms with E-state index in [1.165, 1.54) is 6.33 Å². The zero-order valence-electron chi connectivity index (χ0n) is 13.4. The minimum Gasteiger partial charge on any atom is -0.369 e. The van der Waals surface area contributed by atoms with Gasteiger partial charge in [-0.2, -0.15) is 5.26 Å². The van der Waals surface area contributed by atoms with Crippen LogP contribution < -0.4 is 0 Å². The van der Waals surface area contributed by atoms with Crippen molar-refractivity contribution in [2.75, 3.05) is 0 Å². The molecular weight excluding hydrogens is 380 g/mol. The minimum atomic E-state index is -0.783. The molecule has 3 aromatic rings. The molecule has 1 atom stereocenters. The summed E-state index contributed by atoms with van der Waals surface area (Å²) in [5.41, 5.74) is 0.686. The summed E-state index contributed by atoms with van der Waals surface area (Å²) in [5.74, 6) is -1.57. The first-order valence-corrected chi connectivity index (χ1v) is 9.19. The summed E-state index contributed by atoms with van der Waals surface area (Å²) < 4.78 is 34.1. The molecule has 1 aromatic carbocycles. The van der Waals surface area contributed by atoms with Crippen molar-refractivity contribution < 1.29 is 13.5 Å². The molecule has 0 saturated carbocycles. The number of hydrogen-bond donors (Lipinski definition) is 0. The summed E-state index contributed by atoms with van der Waals surface area (Å²) in [4.78, 5) is 10.2. The molecule has 0 saturated heterocycles. The number of aromatic nitrogens is 2. The van der Waals surface area contributed by atoms with Crippen LogP contribution in [0.2, 0.25) is 5.15 Å². The van der Waals surface area contributed by atoms with Crippen LogP contribution in [0.4, 0.5) is 8.78 Å². The van der Waals surface area contributed by atoms with Crippen molar-refractivity contribution in [2.45, 2.75) is 32.0 Å². The van der Waals surface area contributed by atoms with Gasteiger partial charge in [0.2, 0.25) is 0 Å². The number of thiophene rings is 1. The molecule has 0 fully saturated rings. The van der Waals surface area contributed by atoms with Gasteiger partial charge in [-0.15, -0.1) is 11.3 Å². The average Bonchev–Trinajstić information content (AvgIpc) is 3.01. The second-order valence-electron chi connectivity index (χ2n) is 6.01. The molecule has 0 radical (unpaired) electrons. The molecule has 1 aliphatic rings. The van der Waals surface area contributed by atoms with Crippen LogP contribution in [0.3, 0.4) is 0 Å². The van der Waals surface area contributed by atoms with Crippen LogP contribution in [0.5, 0.6) is 0 Å². The number of hydrogen-bond acceptors (Lipinski definition) is 5. The van der Waals surface area contributed by atoms with E-state index >= 15 is 0 Å². The van der Waals surface area contributed by atoms with Crippen molar-refractivity contribution in [2.24, 2.45) is 0 Å². The van der Waals surface area contributed by atoms with Gasteiger partial charge in [0.1, 0.15) is 27.9 Å². The highest BCUT2D eigenvalue weighted by atomic mass is 35.5. The number of benzene rings is 1. The predicted octanol–water partition coefficient (Wildman–Crippen LogP) is 5.09. The van der Waals surface area contributed by atoms with Crippen LogP contribution in [0.15, 0.2) is 18.5 Å². The molecule has 0 N–H and O–H groups in total. The summed E-state index contributed by atoms with van der Waals surface area (Å²) in [5, 5.41) is 9.91. The highest BCUT2D eigenvalue weighted by molar-refractivity contribution is 7.19. The summed E-state index contributed by atoms with van der Waals surface area (Å²) in [7, 11) is 0. The number of aryl methyl sites for hydroxylation is 1. The van der Waals surface area contributed by atoms with Crippen LogP contribution in [-0.2, 0) is 17.8 Å². The molecule has 0 aliphatic heterocycles. The van der Waals surface area contributed by atoms with Crippen LogP contribution in [-0.4, -0.2) is 9.97 Å². The molecule has 0 amide bonds. The zero-order chi connectivity index (χ0) is 18.3. The van der Waals surface area contributed by atoms with E-state index in [1.807, 2.05) is 0 Å². The topological polar surface area (TPSA) is 58.8 Å². The van der Waals surface area contributed by atoms with E-state index in [0.717, 1.165) is 52.1 Å². The minimum absolute atomic E-state index is 0.0588. The number of nitrogens with zero attached hydrogens (tertiary/aromatic N) is 3. The van der Waals surface area contributed by atoms with Crippen molar-refractivity contribution in [3.8, 4) is 6.07 Å².